The fourth-order valence-electron chi connectivity index (χ4n) is 1.83. The van der Waals surface area contributed by atoms with Crippen LogP contribution in [0.25, 0.3) is 0 Å². The van der Waals surface area contributed by atoms with E-state index in [4.69, 9.17) is 9.15 Å². The molecule has 0 radical (unpaired) electrons. The lowest BCUT2D eigenvalue weighted by molar-refractivity contribution is 0.324. The van der Waals surface area contributed by atoms with Crippen molar-refractivity contribution in [3.63, 3.8) is 0 Å². The van der Waals surface area contributed by atoms with Gasteiger partial charge in [-0.1, -0.05) is 13.8 Å². The van der Waals surface area contributed by atoms with Crippen molar-refractivity contribution in [1.82, 2.24) is 9.97 Å². The third-order valence-corrected chi connectivity index (χ3v) is 2.66. The summed E-state index contributed by atoms with van der Waals surface area (Å²) in [6, 6.07) is 5.61. The summed E-state index contributed by atoms with van der Waals surface area (Å²) in [7, 11) is 0. The van der Waals surface area contributed by atoms with Gasteiger partial charge in [-0.15, -0.1) is 0 Å². The molecule has 0 spiro atoms. The lowest BCUT2D eigenvalue weighted by atomic mass is 10.1. The molecule has 5 heteroatoms. The Labute approximate surface area is 119 Å². The van der Waals surface area contributed by atoms with Gasteiger partial charge in [-0.25, -0.2) is 4.98 Å². The Morgan fingerprint density at radius 2 is 2.20 bits per heavy atom. The average molecular weight is 275 g/mol. The molecule has 20 heavy (non-hydrogen) atoms. The normalized spacial score (nSPS) is 10.8. The molecule has 0 aliphatic carbocycles. The Morgan fingerprint density at radius 3 is 2.85 bits per heavy atom. The van der Waals surface area contributed by atoms with E-state index in [1.165, 1.54) is 0 Å². The third-order valence-electron chi connectivity index (χ3n) is 2.66. The van der Waals surface area contributed by atoms with Crippen LogP contribution >= 0.6 is 0 Å². The van der Waals surface area contributed by atoms with Crippen molar-refractivity contribution < 1.29 is 9.15 Å². The molecule has 108 valence electrons. The SMILES string of the molecule is CCOc1cc(NCc2ccco2)nc(CC(C)C)n1. The summed E-state index contributed by atoms with van der Waals surface area (Å²) in [5.41, 5.74) is 0. The van der Waals surface area contributed by atoms with E-state index >= 15 is 0 Å². The summed E-state index contributed by atoms with van der Waals surface area (Å²) in [6.07, 6.45) is 2.49. The highest BCUT2D eigenvalue weighted by atomic mass is 16.5. The first-order valence-electron chi connectivity index (χ1n) is 6.94. The smallest absolute Gasteiger partial charge is 0.218 e. The molecule has 0 amide bonds. The van der Waals surface area contributed by atoms with Crippen LogP contribution in [0.2, 0.25) is 0 Å². The predicted molar refractivity (Wildman–Crippen MR) is 77.8 cm³/mol. The Bertz CT molecular complexity index is 524. The quantitative estimate of drug-likeness (QED) is 0.840. The van der Waals surface area contributed by atoms with Gasteiger partial charge in [-0.2, -0.15) is 4.98 Å². The number of anilines is 1. The summed E-state index contributed by atoms with van der Waals surface area (Å²) in [5, 5.41) is 3.23. The van der Waals surface area contributed by atoms with Crippen LogP contribution in [-0.4, -0.2) is 16.6 Å². The van der Waals surface area contributed by atoms with Crippen molar-refractivity contribution in [2.24, 2.45) is 5.92 Å². The number of nitrogens with zero attached hydrogens (tertiary/aromatic N) is 2. The first kappa shape index (κ1) is 14.4. The first-order chi connectivity index (χ1) is 9.67. The average Bonchev–Trinajstić information content (AvgIpc) is 2.89. The summed E-state index contributed by atoms with van der Waals surface area (Å²) in [5.74, 6) is 3.54. The molecular weight excluding hydrogens is 254 g/mol. The van der Waals surface area contributed by atoms with E-state index < -0.39 is 0 Å². The Balaban J connectivity index is 2.10. The molecule has 0 bridgehead atoms. The Hall–Kier alpha value is -2.04. The van der Waals surface area contributed by atoms with Crippen molar-refractivity contribution in [3.05, 3.63) is 36.0 Å². The monoisotopic (exact) mass is 275 g/mol. The van der Waals surface area contributed by atoms with Crippen molar-refractivity contribution in [2.75, 3.05) is 11.9 Å². The van der Waals surface area contributed by atoms with E-state index in [1.54, 1.807) is 6.26 Å². The Morgan fingerprint density at radius 1 is 1.35 bits per heavy atom. The minimum atomic E-state index is 0.504. The fraction of sp³-hybridized carbons (Fsp3) is 0.467. The maximum Gasteiger partial charge on any atom is 0.218 e. The molecule has 0 aliphatic heterocycles. The van der Waals surface area contributed by atoms with Crippen LogP contribution in [0, 0.1) is 5.92 Å². The molecule has 0 saturated carbocycles. The van der Waals surface area contributed by atoms with Crippen LogP contribution in [0.4, 0.5) is 5.82 Å². The minimum Gasteiger partial charge on any atom is -0.478 e. The first-order valence-corrected chi connectivity index (χ1v) is 6.94. The lowest BCUT2D eigenvalue weighted by Gasteiger charge is -2.10. The van der Waals surface area contributed by atoms with Gasteiger partial charge >= 0.3 is 0 Å². The largest absolute Gasteiger partial charge is 0.478 e. The van der Waals surface area contributed by atoms with Crippen LogP contribution in [0.5, 0.6) is 5.88 Å². The third kappa shape index (κ3) is 4.26. The van der Waals surface area contributed by atoms with E-state index in [0.29, 0.717) is 24.9 Å². The molecule has 2 aromatic rings. The summed E-state index contributed by atoms with van der Waals surface area (Å²) in [6.45, 7) is 7.42. The van der Waals surface area contributed by atoms with Crippen molar-refractivity contribution in [3.8, 4) is 5.88 Å². The zero-order valence-electron chi connectivity index (χ0n) is 12.2. The maximum atomic E-state index is 5.49. The molecule has 1 N–H and O–H groups in total. The van der Waals surface area contributed by atoms with Crippen LogP contribution in [0.3, 0.4) is 0 Å². The van der Waals surface area contributed by atoms with Crippen LogP contribution < -0.4 is 10.1 Å². The second-order valence-electron chi connectivity index (χ2n) is 4.97. The van der Waals surface area contributed by atoms with Gasteiger partial charge in [-0.05, 0) is 25.0 Å². The van der Waals surface area contributed by atoms with Gasteiger partial charge < -0.3 is 14.5 Å². The number of nitrogens with one attached hydrogen (secondary N) is 1. The van der Waals surface area contributed by atoms with Gasteiger partial charge in [0.15, 0.2) is 0 Å². The highest BCUT2D eigenvalue weighted by Crippen LogP contribution is 2.16. The van der Waals surface area contributed by atoms with E-state index in [0.717, 1.165) is 23.8 Å². The van der Waals surface area contributed by atoms with Crippen molar-refractivity contribution in [1.29, 1.82) is 0 Å². The lowest BCUT2D eigenvalue weighted by Crippen LogP contribution is -2.08. The van der Waals surface area contributed by atoms with Crippen molar-refractivity contribution >= 4 is 5.82 Å². The number of rotatable bonds is 7. The topological polar surface area (TPSA) is 60.2 Å². The predicted octanol–water partition coefficient (Wildman–Crippen LogP) is 3.28. The van der Waals surface area contributed by atoms with Crippen LogP contribution in [-0.2, 0) is 13.0 Å². The van der Waals surface area contributed by atoms with Gasteiger partial charge in [0.05, 0.1) is 19.4 Å². The molecule has 0 fully saturated rings. The number of aromatic nitrogens is 2. The van der Waals surface area contributed by atoms with E-state index in [1.807, 2.05) is 25.1 Å². The molecule has 5 nitrogen and oxygen atoms in total. The number of hydrogen-bond donors (Lipinski definition) is 1. The highest BCUT2D eigenvalue weighted by Gasteiger charge is 2.08. The van der Waals surface area contributed by atoms with E-state index in [9.17, 15) is 0 Å². The second kappa shape index (κ2) is 6.93. The van der Waals surface area contributed by atoms with Crippen LogP contribution in [0.1, 0.15) is 32.4 Å². The highest BCUT2D eigenvalue weighted by molar-refractivity contribution is 5.38. The maximum absolute atomic E-state index is 5.49. The summed E-state index contributed by atoms with van der Waals surface area (Å²) < 4.78 is 10.8. The molecule has 0 aromatic carbocycles. The molecule has 0 aliphatic rings. The van der Waals surface area contributed by atoms with Gasteiger partial charge in [0.1, 0.15) is 17.4 Å². The summed E-state index contributed by atoms with van der Waals surface area (Å²) in [4.78, 5) is 8.92. The zero-order chi connectivity index (χ0) is 14.4. The molecule has 2 aromatic heterocycles. The standard InChI is InChI=1S/C15H21N3O2/c1-4-19-15-9-13(16-10-12-6-5-7-20-12)17-14(18-15)8-11(2)3/h5-7,9,11H,4,8,10H2,1-3H3,(H,16,17,18). The zero-order valence-corrected chi connectivity index (χ0v) is 12.2. The molecule has 0 saturated heterocycles. The Kier molecular flexibility index (Phi) is 4.98. The number of ether oxygens (including phenoxy) is 1. The van der Waals surface area contributed by atoms with E-state index in [2.05, 4.69) is 29.1 Å². The molecule has 0 atom stereocenters. The molecule has 0 unspecified atom stereocenters. The molecular formula is C15H21N3O2. The van der Waals surface area contributed by atoms with Crippen molar-refractivity contribution in [2.45, 2.75) is 33.7 Å². The molecule has 2 heterocycles. The van der Waals surface area contributed by atoms with Gasteiger partial charge in [-0.3, -0.25) is 0 Å². The van der Waals surface area contributed by atoms with Crippen LogP contribution in [0.15, 0.2) is 28.9 Å². The molecule has 2 rings (SSSR count). The second-order valence-corrected chi connectivity index (χ2v) is 4.97. The summed E-state index contributed by atoms with van der Waals surface area (Å²) >= 11 is 0. The fourth-order valence-corrected chi connectivity index (χ4v) is 1.83. The van der Waals surface area contributed by atoms with E-state index in [-0.39, 0.29) is 0 Å². The van der Waals surface area contributed by atoms with Gasteiger partial charge in [0.25, 0.3) is 0 Å². The van der Waals surface area contributed by atoms with Gasteiger partial charge in [0.2, 0.25) is 5.88 Å². The number of furan rings is 1. The number of hydrogen-bond acceptors (Lipinski definition) is 5. The minimum absolute atomic E-state index is 0.504. The van der Waals surface area contributed by atoms with Gasteiger partial charge in [0, 0.05) is 12.5 Å².